The molecule has 4 heterocycles. The minimum Gasteiger partial charge on any atom is -0.456 e. The van der Waals surface area contributed by atoms with E-state index in [1.165, 1.54) is 22.1 Å². The number of hydrogen-bond donors (Lipinski definition) is 0. The maximum atomic E-state index is 6.79. The van der Waals surface area contributed by atoms with Gasteiger partial charge in [0.2, 0.25) is 0 Å². The topological polar surface area (TPSA) is 69.6 Å². The zero-order valence-corrected chi connectivity index (χ0v) is 36.7. The molecule has 0 aliphatic carbocycles. The molecule has 0 spiro atoms. The first kappa shape index (κ1) is 39.1. The maximum absolute atomic E-state index is 6.79. The molecule has 0 fully saturated rings. The fraction of sp³-hybridized carbons (Fsp3) is 0. The molecule has 0 amide bonds. The van der Waals surface area contributed by atoms with Crippen LogP contribution in [0, 0.1) is 0 Å². The van der Waals surface area contributed by atoms with Crippen molar-refractivity contribution in [3.05, 3.63) is 237 Å². The molecule has 318 valence electrons. The fourth-order valence-electron chi connectivity index (χ4n) is 9.72. The van der Waals surface area contributed by atoms with Gasteiger partial charge in [-0.1, -0.05) is 188 Å². The molecule has 4 aromatic heterocycles. The van der Waals surface area contributed by atoms with Gasteiger partial charge in [0.15, 0.2) is 17.5 Å². The van der Waals surface area contributed by atoms with Gasteiger partial charge in [-0.2, -0.15) is 0 Å². The molecule has 0 saturated carbocycles. The van der Waals surface area contributed by atoms with Gasteiger partial charge in [-0.25, -0.2) is 15.0 Å². The highest BCUT2D eigenvalue weighted by Crippen LogP contribution is 2.44. The van der Waals surface area contributed by atoms with Gasteiger partial charge < -0.3 is 8.98 Å². The maximum Gasteiger partial charge on any atom is 0.166 e. The predicted octanol–water partition coefficient (Wildman–Crippen LogP) is 15.9. The summed E-state index contributed by atoms with van der Waals surface area (Å²) in [5, 5.41) is 4.26. The van der Waals surface area contributed by atoms with Crippen molar-refractivity contribution >= 4 is 43.7 Å². The Morgan fingerprint density at radius 2 is 0.868 bits per heavy atom. The SMILES string of the molecule is c1ccc(-c2nc(-c3ccccc3)nc(-c3cc(-c4ccc(-c5ccccc5-c5ccccc5)cc4)cnc3-c3cccc4oc5cc6c7ccccc7n(-c7ccccc7)c6cc5c34)n2)cc1. The Labute approximate surface area is 392 Å². The Kier molecular flexibility index (Phi) is 9.39. The third-order valence-corrected chi connectivity index (χ3v) is 12.9. The highest BCUT2D eigenvalue weighted by atomic mass is 16.3. The number of hydrogen-bond acceptors (Lipinski definition) is 5. The van der Waals surface area contributed by atoms with Crippen LogP contribution >= 0.6 is 0 Å². The lowest BCUT2D eigenvalue weighted by Gasteiger charge is -2.14. The summed E-state index contributed by atoms with van der Waals surface area (Å²) in [5.41, 5.74) is 15.8. The quantitative estimate of drug-likeness (QED) is 0.152. The van der Waals surface area contributed by atoms with E-state index in [1.807, 2.05) is 79.0 Å². The summed E-state index contributed by atoms with van der Waals surface area (Å²) in [6, 6.07) is 80.1. The Bertz CT molecular complexity index is 3940. The Morgan fingerprint density at radius 3 is 1.54 bits per heavy atom. The van der Waals surface area contributed by atoms with Crippen LogP contribution < -0.4 is 0 Å². The standard InChI is InChI=1S/C62H39N5O/c1-5-18-41(19-6-1)47-26-13-14-27-48(47)42-34-32-40(33-35-42)45-36-53(62-65-60(43-20-7-2-8-21-43)64-61(66-62)44-22-9-3-10-23-44)59(63-39-45)50-29-17-31-56-58(50)52-37-55-51(38-57(52)68-56)49-28-15-16-30-54(49)67(55)46-24-11-4-12-25-46/h1-39H. The Hall–Kier alpha value is -9.26. The summed E-state index contributed by atoms with van der Waals surface area (Å²) in [6.07, 6.45) is 1.97. The lowest BCUT2D eigenvalue weighted by molar-refractivity contribution is 0.669. The molecule has 0 radical (unpaired) electrons. The molecular weight excluding hydrogens is 831 g/mol. The number of rotatable bonds is 8. The lowest BCUT2D eigenvalue weighted by atomic mass is 9.93. The monoisotopic (exact) mass is 869 g/mol. The van der Waals surface area contributed by atoms with E-state index in [4.69, 9.17) is 24.4 Å². The second kappa shape index (κ2) is 16.3. The van der Waals surface area contributed by atoms with Crippen LogP contribution in [0.1, 0.15) is 0 Å². The van der Waals surface area contributed by atoms with E-state index in [0.29, 0.717) is 17.5 Å². The van der Waals surface area contributed by atoms with Crippen molar-refractivity contribution in [2.24, 2.45) is 0 Å². The summed E-state index contributed by atoms with van der Waals surface area (Å²) in [7, 11) is 0. The van der Waals surface area contributed by atoms with Crippen LogP contribution in [0.4, 0.5) is 0 Å². The minimum absolute atomic E-state index is 0.520. The molecule has 6 heteroatoms. The van der Waals surface area contributed by atoms with Crippen molar-refractivity contribution in [1.29, 1.82) is 0 Å². The highest BCUT2D eigenvalue weighted by Gasteiger charge is 2.23. The number of para-hydroxylation sites is 2. The van der Waals surface area contributed by atoms with Gasteiger partial charge in [-0.15, -0.1) is 0 Å². The van der Waals surface area contributed by atoms with E-state index in [2.05, 4.69) is 162 Å². The molecule has 68 heavy (non-hydrogen) atoms. The summed E-state index contributed by atoms with van der Waals surface area (Å²) >= 11 is 0. The van der Waals surface area contributed by atoms with Crippen molar-refractivity contribution in [1.82, 2.24) is 24.5 Å². The van der Waals surface area contributed by atoms with Crippen LogP contribution in [0.25, 0.3) is 128 Å². The zero-order valence-electron chi connectivity index (χ0n) is 36.7. The van der Waals surface area contributed by atoms with Gasteiger partial charge in [0.05, 0.1) is 16.7 Å². The number of aromatic nitrogens is 5. The third kappa shape index (κ3) is 6.74. The van der Waals surface area contributed by atoms with Crippen LogP contribution in [0.15, 0.2) is 241 Å². The van der Waals surface area contributed by atoms with Crippen LogP contribution in [-0.4, -0.2) is 24.5 Å². The van der Waals surface area contributed by atoms with E-state index in [9.17, 15) is 0 Å². The molecule has 0 aliphatic rings. The van der Waals surface area contributed by atoms with Crippen molar-refractivity contribution in [2.45, 2.75) is 0 Å². The van der Waals surface area contributed by atoms with Crippen molar-refractivity contribution in [2.75, 3.05) is 0 Å². The first-order valence-electron chi connectivity index (χ1n) is 22.8. The Morgan fingerprint density at radius 1 is 0.324 bits per heavy atom. The van der Waals surface area contributed by atoms with Gasteiger partial charge in [-0.05, 0) is 70.3 Å². The fourth-order valence-corrected chi connectivity index (χ4v) is 9.72. The predicted molar refractivity (Wildman–Crippen MR) is 277 cm³/mol. The van der Waals surface area contributed by atoms with Gasteiger partial charge in [0.25, 0.3) is 0 Å². The van der Waals surface area contributed by atoms with E-state index in [-0.39, 0.29) is 0 Å². The largest absolute Gasteiger partial charge is 0.456 e. The molecule has 9 aromatic carbocycles. The molecule has 0 unspecified atom stereocenters. The van der Waals surface area contributed by atoms with Gasteiger partial charge >= 0.3 is 0 Å². The second-order valence-corrected chi connectivity index (χ2v) is 17.0. The first-order valence-corrected chi connectivity index (χ1v) is 22.8. The highest BCUT2D eigenvalue weighted by molar-refractivity contribution is 6.20. The van der Waals surface area contributed by atoms with Gasteiger partial charge in [0, 0.05) is 61.2 Å². The second-order valence-electron chi connectivity index (χ2n) is 17.0. The molecule has 0 N–H and O–H groups in total. The molecule has 0 bridgehead atoms. The van der Waals surface area contributed by atoms with Gasteiger partial charge in [-0.3, -0.25) is 4.98 Å². The molecule has 13 rings (SSSR count). The third-order valence-electron chi connectivity index (χ3n) is 12.9. The smallest absolute Gasteiger partial charge is 0.166 e. The summed E-state index contributed by atoms with van der Waals surface area (Å²) in [4.78, 5) is 21.0. The molecule has 0 atom stereocenters. The lowest BCUT2D eigenvalue weighted by Crippen LogP contribution is -2.02. The minimum atomic E-state index is 0.520. The normalized spacial score (nSPS) is 11.5. The Balaban J connectivity index is 1.03. The molecule has 13 aromatic rings. The zero-order chi connectivity index (χ0) is 45.0. The molecule has 6 nitrogen and oxygen atoms in total. The van der Waals surface area contributed by atoms with Crippen LogP contribution in [0.3, 0.4) is 0 Å². The summed E-state index contributed by atoms with van der Waals surface area (Å²) in [5.74, 6) is 1.68. The average molecular weight is 870 g/mol. The van der Waals surface area contributed by atoms with Crippen molar-refractivity contribution < 1.29 is 4.42 Å². The van der Waals surface area contributed by atoms with E-state index >= 15 is 0 Å². The van der Waals surface area contributed by atoms with Crippen LogP contribution in [0.5, 0.6) is 0 Å². The van der Waals surface area contributed by atoms with Crippen LogP contribution in [0.2, 0.25) is 0 Å². The molecular formula is C62H39N5O. The van der Waals surface area contributed by atoms with E-state index in [0.717, 1.165) is 88.7 Å². The van der Waals surface area contributed by atoms with E-state index < -0.39 is 0 Å². The first-order chi connectivity index (χ1) is 33.7. The number of benzene rings is 9. The van der Waals surface area contributed by atoms with Crippen molar-refractivity contribution in [3.63, 3.8) is 0 Å². The summed E-state index contributed by atoms with van der Waals surface area (Å²) in [6.45, 7) is 0. The van der Waals surface area contributed by atoms with Gasteiger partial charge in [0.1, 0.15) is 11.2 Å². The van der Waals surface area contributed by atoms with Crippen LogP contribution in [-0.2, 0) is 0 Å². The average Bonchev–Trinajstić information content (AvgIpc) is 3.95. The van der Waals surface area contributed by atoms with Crippen molar-refractivity contribution in [3.8, 4) is 84.5 Å². The summed E-state index contributed by atoms with van der Waals surface area (Å²) < 4.78 is 9.13. The molecule has 0 saturated heterocycles. The number of pyridine rings is 1. The number of furan rings is 1. The molecule has 0 aliphatic heterocycles. The number of nitrogens with zero attached hydrogens (tertiary/aromatic N) is 5. The van der Waals surface area contributed by atoms with E-state index in [1.54, 1.807) is 0 Å². The number of fused-ring (bicyclic) bond motifs is 6.